The molecule has 25 heteroatoms. The molecule has 0 fully saturated rings. The van der Waals surface area contributed by atoms with Crippen LogP contribution in [0.2, 0.25) is 0 Å². The van der Waals surface area contributed by atoms with Gasteiger partial charge in [0.1, 0.15) is 40.8 Å². The van der Waals surface area contributed by atoms with Crippen LogP contribution in [-0.2, 0) is 23.8 Å². The predicted molar refractivity (Wildman–Crippen MR) is 237 cm³/mol. The molecule has 0 saturated heterocycles. The van der Waals surface area contributed by atoms with E-state index >= 15 is 0 Å². The van der Waals surface area contributed by atoms with Crippen molar-refractivity contribution in [2.24, 2.45) is 15.9 Å². The molecular weight excluding hydrogens is 872 g/mol. The highest BCUT2D eigenvalue weighted by Crippen LogP contribution is 2.24. The Morgan fingerprint density at radius 2 is 1.28 bits per heavy atom. The van der Waals surface area contributed by atoms with Crippen molar-refractivity contribution in [2.45, 2.75) is 124 Å². The molecule has 0 unspecified atom stereocenters. The average Bonchev–Trinajstić information content (AvgIpc) is 3.54. The number of alkyl carbamates (subject to hydrolysis) is 3. The second kappa shape index (κ2) is 32.9. The summed E-state index contributed by atoms with van der Waals surface area (Å²) in [6, 6.07) is -2.80. The third-order valence-corrected chi connectivity index (χ3v) is 10.2. The molecule has 0 aliphatic carbocycles. The van der Waals surface area contributed by atoms with E-state index in [2.05, 4.69) is 36.2 Å². The quantitative estimate of drug-likeness (QED) is 0.0114. The lowest BCUT2D eigenvalue weighted by molar-refractivity contribution is -0.139. The van der Waals surface area contributed by atoms with Crippen LogP contribution in [0.3, 0.4) is 0 Å². The highest BCUT2D eigenvalue weighted by Gasteiger charge is 2.27. The number of carboxylic acids is 2. The number of nitrogens with two attached hydrogens (primary N) is 1. The highest BCUT2D eigenvalue weighted by atomic mass is 33.1. The number of aliphatic carboxylic acids is 2. The maximum atomic E-state index is 12.0. The molecule has 348 valence electrons. The van der Waals surface area contributed by atoms with Crippen molar-refractivity contribution >= 4 is 87.4 Å². The van der Waals surface area contributed by atoms with Gasteiger partial charge in [-0.1, -0.05) is 31.9 Å². The normalized spacial score (nSPS) is 13.2. The van der Waals surface area contributed by atoms with E-state index in [0.29, 0.717) is 17.5 Å². The number of hydrogen-bond donors (Lipinski definition) is 7. The fourth-order valence-corrected chi connectivity index (χ4v) is 7.57. The van der Waals surface area contributed by atoms with Gasteiger partial charge in [0.25, 0.3) is 0 Å². The summed E-state index contributed by atoms with van der Waals surface area (Å²) in [5, 5.41) is 40.6. The van der Waals surface area contributed by atoms with Crippen molar-refractivity contribution in [1.29, 1.82) is 0 Å². The van der Waals surface area contributed by atoms with E-state index in [1.807, 2.05) is 45.7 Å². The number of halogens is 1. The van der Waals surface area contributed by atoms with Crippen LogP contribution in [0.25, 0.3) is 0 Å². The van der Waals surface area contributed by atoms with Gasteiger partial charge in [0.05, 0.1) is 8.52 Å². The van der Waals surface area contributed by atoms with E-state index in [1.54, 1.807) is 60.2 Å². The Morgan fingerprint density at radius 1 is 0.867 bits per heavy atom. The van der Waals surface area contributed by atoms with E-state index < -0.39 is 66.3 Å². The number of amidine groups is 1. The van der Waals surface area contributed by atoms with Gasteiger partial charge in [-0.3, -0.25) is 9.38 Å². The molecule has 0 aliphatic rings. The zero-order chi connectivity index (χ0) is 47.8. The van der Waals surface area contributed by atoms with Gasteiger partial charge in [-0.15, -0.1) is 11.8 Å². The van der Waals surface area contributed by atoms with Crippen LogP contribution in [0.5, 0.6) is 0 Å². The van der Waals surface area contributed by atoms with Crippen molar-refractivity contribution in [3.63, 3.8) is 0 Å². The molecular formula is C35H65FN8O12S4. The zero-order valence-electron chi connectivity index (χ0n) is 37.4. The van der Waals surface area contributed by atoms with Gasteiger partial charge in [0.2, 0.25) is 5.89 Å². The summed E-state index contributed by atoms with van der Waals surface area (Å²) in [6.07, 6.45) is 0.728. The molecule has 0 spiro atoms. The summed E-state index contributed by atoms with van der Waals surface area (Å²) in [5.74, 6) is 0.232. The fraction of sp³-hybridized carbons (Fsp3) is 0.743. The number of carboxylic acid groups (broad SMARTS) is 2. The van der Waals surface area contributed by atoms with Crippen molar-refractivity contribution < 1.29 is 63.9 Å². The highest BCUT2D eigenvalue weighted by molar-refractivity contribution is 8.76. The lowest BCUT2D eigenvalue weighted by Crippen LogP contribution is -2.45. The molecule has 0 saturated carbocycles. The van der Waals surface area contributed by atoms with Crippen molar-refractivity contribution in [3.8, 4) is 0 Å². The number of carbonyl (C=O) groups is 5. The number of carbonyl (C=O) groups excluding carboxylic acids is 3. The maximum Gasteiger partial charge on any atom is 0.408 e. The van der Waals surface area contributed by atoms with Crippen molar-refractivity contribution in [1.82, 2.24) is 26.1 Å². The first-order valence-corrected chi connectivity index (χ1v) is 22.8. The van der Waals surface area contributed by atoms with Crippen LogP contribution >= 0.6 is 45.1 Å². The molecule has 60 heavy (non-hydrogen) atoms. The second-order valence-corrected chi connectivity index (χ2v) is 19.7. The first-order chi connectivity index (χ1) is 28.1. The minimum atomic E-state index is -1.25. The van der Waals surface area contributed by atoms with Gasteiger partial charge in [-0.2, -0.15) is 16.7 Å². The SMILES string of the molecule is C/C(N)=N/O.CC(C)(C)OC(=O)N[C@@H](CSSC[C@H](NC(=O)OC(C)(C)C)C(=O)O)C(=O)O.CCN=CCCSCSC[C@H](NC(=O)OC(C)(C)C)c1nc(C)no1.[2H]CF. The molecule has 8 N–H and O–H groups in total. The van der Waals surface area contributed by atoms with Gasteiger partial charge >= 0.3 is 30.2 Å². The molecule has 0 bridgehead atoms. The van der Waals surface area contributed by atoms with Crippen molar-refractivity contribution in [3.05, 3.63) is 11.7 Å². The lowest BCUT2D eigenvalue weighted by Gasteiger charge is -2.22. The van der Waals surface area contributed by atoms with Crippen LogP contribution in [0.1, 0.15) is 102 Å². The largest absolute Gasteiger partial charge is 0.480 e. The molecule has 0 aliphatic heterocycles. The van der Waals surface area contributed by atoms with E-state index in [-0.39, 0.29) is 23.4 Å². The molecule has 1 heterocycles. The number of alkyl halides is 1. The van der Waals surface area contributed by atoms with E-state index in [1.165, 1.54) is 6.92 Å². The number of nitrogens with one attached hydrogen (secondary N) is 3. The summed E-state index contributed by atoms with van der Waals surface area (Å²) in [7, 11) is 1.09. The summed E-state index contributed by atoms with van der Waals surface area (Å²) in [4.78, 5) is 66.3. The molecule has 1 rings (SSSR count). The summed E-state index contributed by atoms with van der Waals surface area (Å²) in [5.41, 5.74) is 2.70. The number of thioether (sulfide) groups is 2. The monoisotopic (exact) mass is 937 g/mol. The molecule has 20 nitrogen and oxygen atoms in total. The Kier molecular flexibility index (Phi) is 31.9. The number of aliphatic imine (C=N–C) groups is 1. The van der Waals surface area contributed by atoms with Gasteiger partial charge in [-0.25, -0.2) is 24.0 Å². The number of ether oxygens (including phenoxy) is 3. The summed E-state index contributed by atoms with van der Waals surface area (Å²) < 4.78 is 36.0. The Hall–Kier alpha value is -3.84. The van der Waals surface area contributed by atoms with Crippen LogP contribution in [0.4, 0.5) is 18.8 Å². The number of aromatic nitrogens is 2. The Balaban J connectivity index is -0.000000939. The number of hydrogen-bond acceptors (Lipinski definition) is 18. The van der Waals surface area contributed by atoms with Crippen LogP contribution < -0.4 is 21.7 Å². The first kappa shape index (κ1) is 58.3. The molecule has 0 radical (unpaired) electrons. The molecule has 3 atom stereocenters. The van der Waals surface area contributed by atoms with E-state index in [4.69, 9.17) is 31.0 Å². The van der Waals surface area contributed by atoms with Crippen LogP contribution in [0, 0.1) is 6.92 Å². The smallest absolute Gasteiger partial charge is 0.408 e. The maximum absolute atomic E-state index is 12.0. The molecule has 1 aromatic rings. The lowest BCUT2D eigenvalue weighted by atomic mass is 10.2. The number of rotatable bonds is 19. The minimum Gasteiger partial charge on any atom is -0.480 e. The number of amides is 3. The summed E-state index contributed by atoms with van der Waals surface area (Å²) in [6.45, 7) is 21.5. The number of nitrogens with zero attached hydrogens (tertiary/aromatic N) is 4. The van der Waals surface area contributed by atoms with Gasteiger partial charge < -0.3 is 55.8 Å². The van der Waals surface area contributed by atoms with Gasteiger partial charge in [0, 0.05) is 28.9 Å². The van der Waals surface area contributed by atoms with E-state index in [0.717, 1.165) is 45.4 Å². The van der Waals surface area contributed by atoms with Crippen LogP contribution in [0.15, 0.2) is 14.7 Å². The molecule has 0 aromatic carbocycles. The predicted octanol–water partition coefficient (Wildman–Crippen LogP) is 6.51. The molecule has 3 amide bonds. The number of aryl methyl sites for hydroxylation is 1. The Labute approximate surface area is 369 Å². The third-order valence-electron chi connectivity index (χ3n) is 5.38. The fourth-order valence-electron chi connectivity index (χ4n) is 3.20. The van der Waals surface area contributed by atoms with Gasteiger partial charge in [0.15, 0.2) is 5.82 Å². The van der Waals surface area contributed by atoms with Crippen molar-refractivity contribution in [2.75, 3.05) is 41.8 Å². The Morgan fingerprint density at radius 3 is 1.62 bits per heavy atom. The Bertz CT molecular complexity index is 1430. The minimum absolute atomic E-state index is 0.0297. The van der Waals surface area contributed by atoms with Gasteiger partial charge in [-0.05, 0) is 101 Å². The van der Waals surface area contributed by atoms with Crippen LogP contribution in [-0.4, -0.2) is 139 Å². The standard InChI is InChI=1S/C16H28N4O3S2.C16H28N2O8S2.C2H6N2O.CH3F/c1-6-17-8-7-9-24-11-25-10-13(14-18-12(2)20-23-14)19-15(21)22-16(3,4)5;1-15(2,3)25-13(23)17-9(11(19)20)7-27-28-8-10(12(21)22)18-14(24)26-16(4,5)6;1-2(3)4-5;1-2/h8,13H,6-7,9-11H2,1-5H3,(H,19,21);9-10H,7-8H2,1-6H3,(H,17,23)(H,18,24)(H,19,20)(H,21,22);5H,1H3,(H2,3,4);1H3/t13-;9-,10-;;/m00../s1/i;;;1D. The summed E-state index contributed by atoms with van der Waals surface area (Å²) >= 11 is 3.55. The third kappa shape index (κ3) is 38.4. The first-order valence-electron chi connectivity index (χ1n) is 18.7. The zero-order valence-corrected chi connectivity index (χ0v) is 39.6. The second-order valence-electron chi connectivity index (χ2n) is 14.6. The molecule has 1 aromatic heterocycles. The number of oxime groups is 1. The topological polar surface area (TPSA) is 299 Å². The van der Waals surface area contributed by atoms with E-state index in [9.17, 15) is 38.6 Å². The average molecular weight is 938 g/mol.